The van der Waals surface area contributed by atoms with Crippen molar-refractivity contribution in [3.05, 3.63) is 53.6 Å². The molecule has 1 amide bonds. The first-order chi connectivity index (χ1) is 15.4. The van der Waals surface area contributed by atoms with E-state index in [0.717, 1.165) is 36.8 Å². The maximum Gasteiger partial charge on any atom is 0.240 e. The maximum absolute atomic E-state index is 12.6. The highest BCUT2D eigenvalue weighted by Crippen LogP contribution is 2.27. The van der Waals surface area contributed by atoms with Crippen molar-refractivity contribution in [2.24, 2.45) is 0 Å². The monoisotopic (exact) mass is 460 g/mol. The highest BCUT2D eigenvalue weighted by molar-refractivity contribution is 7.89. The van der Waals surface area contributed by atoms with Gasteiger partial charge in [0.1, 0.15) is 0 Å². The SMILES string of the molecule is COc1ccc(CNC(=O)CCc2ccc(S(=O)(=O)NC3CCCCC3)cc2)cc1OC. The highest BCUT2D eigenvalue weighted by atomic mass is 32.2. The molecule has 1 saturated carbocycles. The number of ether oxygens (including phenoxy) is 2. The lowest BCUT2D eigenvalue weighted by Gasteiger charge is -2.22. The van der Waals surface area contributed by atoms with E-state index in [1.54, 1.807) is 44.6 Å². The summed E-state index contributed by atoms with van der Waals surface area (Å²) in [6, 6.07) is 12.3. The maximum atomic E-state index is 12.6. The Bertz CT molecular complexity index is 1000. The summed E-state index contributed by atoms with van der Waals surface area (Å²) in [5.74, 6) is 1.18. The average Bonchev–Trinajstić information content (AvgIpc) is 2.81. The van der Waals surface area contributed by atoms with Crippen LogP contribution in [-0.4, -0.2) is 34.6 Å². The Morgan fingerprint density at radius 3 is 2.25 bits per heavy atom. The van der Waals surface area contributed by atoms with Gasteiger partial charge in [0, 0.05) is 19.0 Å². The van der Waals surface area contributed by atoms with E-state index in [1.807, 2.05) is 12.1 Å². The molecule has 1 fully saturated rings. The number of hydrogen-bond acceptors (Lipinski definition) is 5. The summed E-state index contributed by atoms with van der Waals surface area (Å²) in [5.41, 5.74) is 1.83. The zero-order valence-corrected chi connectivity index (χ0v) is 19.5. The number of aryl methyl sites for hydroxylation is 1. The van der Waals surface area contributed by atoms with Crippen molar-refractivity contribution in [2.75, 3.05) is 14.2 Å². The number of carbonyl (C=O) groups is 1. The molecule has 0 aliphatic heterocycles. The molecule has 0 spiro atoms. The first-order valence-corrected chi connectivity index (χ1v) is 12.5. The van der Waals surface area contributed by atoms with E-state index in [1.165, 1.54) is 6.42 Å². The zero-order valence-electron chi connectivity index (χ0n) is 18.7. The van der Waals surface area contributed by atoms with E-state index in [0.29, 0.717) is 30.9 Å². The van der Waals surface area contributed by atoms with Crippen molar-refractivity contribution in [3.63, 3.8) is 0 Å². The zero-order chi connectivity index (χ0) is 23.0. The van der Waals surface area contributed by atoms with Gasteiger partial charge in [-0.2, -0.15) is 0 Å². The van der Waals surface area contributed by atoms with Crippen LogP contribution in [0.2, 0.25) is 0 Å². The Labute approximate surface area is 190 Å². The number of rotatable bonds is 10. The standard InChI is InChI=1S/C24H32N2O5S/c1-30-22-14-10-19(16-23(22)31-2)17-25-24(27)15-11-18-8-12-21(13-9-18)32(28,29)26-20-6-4-3-5-7-20/h8-10,12-14,16,20,26H,3-7,11,15,17H2,1-2H3,(H,25,27). The quantitative estimate of drug-likeness (QED) is 0.565. The molecule has 2 aromatic carbocycles. The first-order valence-electron chi connectivity index (χ1n) is 11.0. The minimum Gasteiger partial charge on any atom is -0.493 e. The molecule has 0 heterocycles. The average molecular weight is 461 g/mol. The van der Waals surface area contributed by atoms with E-state index < -0.39 is 10.0 Å². The van der Waals surface area contributed by atoms with Gasteiger partial charge in [0.05, 0.1) is 19.1 Å². The van der Waals surface area contributed by atoms with Gasteiger partial charge >= 0.3 is 0 Å². The predicted molar refractivity (Wildman–Crippen MR) is 123 cm³/mol. The Kier molecular flexibility index (Phi) is 8.53. The van der Waals surface area contributed by atoms with Gasteiger partial charge in [0.25, 0.3) is 0 Å². The molecule has 7 nitrogen and oxygen atoms in total. The van der Waals surface area contributed by atoms with Gasteiger partial charge in [-0.1, -0.05) is 37.5 Å². The first kappa shape index (κ1) is 24.1. The van der Waals surface area contributed by atoms with E-state index in [4.69, 9.17) is 9.47 Å². The number of methoxy groups -OCH3 is 2. The number of amides is 1. The fraction of sp³-hybridized carbons (Fsp3) is 0.458. The van der Waals surface area contributed by atoms with Gasteiger partial charge < -0.3 is 14.8 Å². The van der Waals surface area contributed by atoms with Crippen molar-refractivity contribution in [1.82, 2.24) is 10.0 Å². The molecule has 0 unspecified atom stereocenters. The Morgan fingerprint density at radius 2 is 1.59 bits per heavy atom. The van der Waals surface area contributed by atoms with Crippen LogP contribution in [0.15, 0.2) is 47.4 Å². The second kappa shape index (κ2) is 11.3. The van der Waals surface area contributed by atoms with Crippen LogP contribution in [0.25, 0.3) is 0 Å². The van der Waals surface area contributed by atoms with Crippen LogP contribution in [0, 0.1) is 0 Å². The Balaban J connectivity index is 1.47. The van der Waals surface area contributed by atoms with Gasteiger partial charge in [-0.25, -0.2) is 13.1 Å². The summed E-state index contributed by atoms with van der Waals surface area (Å²) < 4.78 is 38.5. The van der Waals surface area contributed by atoms with Crippen LogP contribution < -0.4 is 19.5 Å². The number of carbonyl (C=O) groups excluding carboxylic acids is 1. The van der Waals surface area contributed by atoms with Crippen LogP contribution in [0.4, 0.5) is 0 Å². The second-order valence-electron chi connectivity index (χ2n) is 8.07. The predicted octanol–water partition coefficient (Wildman–Crippen LogP) is 3.56. The molecule has 0 saturated heterocycles. The van der Waals surface area contributed by atoms with Crippen molar-refractivity contribution < 1.29 is 22.7 Å². The summed E-state index contributed by atoms with van der Waals surface area (Å²) in [4.78, 5) is 12.5. The molecule has 0 atom stereocenters. The van der Waals surface area contributed by atoms with Crippen LogP contribution in [0.5, 0.6) is 11.5 Å². The lowest BCUT2D eigenvalue weighted by molar-refractivity contribution is -0.121. The van der Waals surface area contributed by atoms with Crippen molar-refractivity contribution in [3.8, 4) is 11.5 Å². The number of nitrogens with one attached hydrogen (secondary N) is 2. The molecule has 0 bridgehead atoms. The van der Waals surface area contributed by atoms with Crippen LogP contribution in [0.3, 0.4) is 0 Å². The van der Waals surface area contributed by atoms with E-state index in [9.17, 15) is 13.2 Å². The summed E-state index contributed by atoms with van der Waals surface area (Å²) in [6.45, 7) is 0.392. The normalized spacial score (nSPS) is 14.7. The van der Waals surface area contributed by atoms with E-state index >= 15 is 0 Å². The molecule has 0 aromatic heterocycles. The number of sulfonamides is 1. The summed E-state index contributed by atoms with van der Waals surface area (Å²) >= 11 is 0. The molecular formula is C24H32N2O5S. The van der Waals surface area contributed by atoms with Crippen LogP contribution in [-0.2, 0) is 27.8 Å². The Morgan fingerprint density at radius 1 is 0.938 bits per heavy atom. The number of benzene rings is 2. The minimum absolute atomic E-state index is 0.0304. The third-order valence-corrected chi connectivity index (χ3v) is 7.28. The third kappa shape index (κ3) is 6.71. The second-order valence-corrected chi connectivity index (χ2v) is 9.78. The smallest absolute Gasteiger partial charge is 0.240 e. The topological polar surface area (TPSA) is 93.7 Å². The van der Waals surface area contributed by atoms with Crippen molar-refractivity contribution in [2.45, 2.75) is 62.4 Å². The largest absolute Gasteiger partial charge is 0.493 e. The van der Waals surface area contributed by atoms with E-state index in [2.05, 4.69) is 10.0 Å². The van der Waals surface area contributed by atoms with Gasteiger partial charge in [-0.05, 0) is 54.7 Å². The van der Waals surface area contributed by atoms with Gasteiger partial charge in [-0.3, -0.25) is 4.79 Å². The Hall–Kier alpha value is -2.58. The number of hydrogen-bond donors (Lipinski definition) is 2. The third-order valence-electron chi connectivity index (χ3n) is 5.74. The lowest BCUT2D eigenvalue weighted by atomic mass is 9.96. The molecule has 174 valence electrons. The minimum atomic E-state index is -3.51. The van der Waals surface area contributed by atoms with E-state index in [-0.39, 0.29) is 16.8 Å². The van der Waals surface area contributed by atoms with Gasteiger partial charge in [0.15, 0.2) is 11.5 Å². The van der Waals surface area contributed by atoms with Gasteiger partial charge in [-0.15, -0.1) is 0 Å². The molecular weight excluding hydrogens is 428 g/mol. The molecule has 0 radical (unpaired) electrons. The van der Waals surface area contributed by atoms with Crippen LogP contribution >= 0.6 is 0 Å². The summed E-state index contributed by atoms with van der Waals surface area (Å²) in [5, 5.41) is 2.90. The van der Waals surface area contributed by atoms with Crippen LogP contribution in [0.1, 0.15) is 49.7 Å². The summed E-state index contributed by atoms with van der Waals surface area (Å²) in [6.07, 6.45) is 5.97. The highest BCUT2D eigenvalue weighted by Gasteiger charge is 2.21. The fourth-order valence-electron chi connectivity index (χ4n) is 3.88. The van der Waals surface area contributed by atoms with Crippen molar-refractivity contribution >= 4 is 15.9 Å². The molecule has 2 aromatic rings. The molecule has 32 heavy (non-hydrogen) atoms. The molecule has 1 aliphatic carbocycles. The fourth-order valence-corrected chi connectivity index (χ4v) is 5.19. The molecule has 3 rings (SSSR count). The molecule has 1 aliphatic rings. The molecule has 2 N–H and O–H groups in total. The molecule has 8 heteroatoms. The van der Waals surface area contributed by atoms with Crippen molar-refractivity contribution in [1.29, 1.82) is 0 Å². The summed E-state index contributed by atoms with van der Waals surface area (Å²) in [7, 11) is -0.356. The lowest BCUT2D eigenvalue weighted by Crippen LogP contribution is -2.36. The van der Waals surface area contributed by atoms with Gasteiger partial charge in [0.2, 0.25) is 15.9 Å².